The Labute approximate surface area is 113 Å². The SMILES string of the molecule is COC(=O)c1ccc2nnc(Cc3ccsc3)n2c1. The topological polar surface area (TPSA) is 56.5 Å². The Balaban J connectivity index is 2.03. The minimum atomic E-state index is -0.364. The van der Waals surface area contributed by atoms with Crippen molar-refractivity contribution in [2.24, 2.45) is 0 Å². The van der Waals surface area contributed by atoms with E-state index in [1.807, 2.05) is 9.78 Å². The molecule has 0 saturated heterocycles. The molecule has 6 heteroatoms. The van der Waals surface area contributed by atoms with E-state index in [4.69, 9.17) is 4.74 Å². The number of ether oxygens (including phenoxy) is 1. The molecule has 0 spiro atoms. The van der Waals surface area contributed by atoms with Crippen LogP contribution in [0.1, 0.15) is 21.7 Å². The van der Waals surface area contributed by atoms with Crippen molar-refractivity contribution in [2.45, 2.75) is 6.42 Å². The van der Waals surface area contributed by atoms with Gasteiger partial charge in [-0.15, -0.1) is 10.2 Å². The van der Waals surface area contributed by atoms with Gasteiger partial charge in [-0.05, 0) is 34.5 Å². The fraction of sp³-hybridized carbons (Fsp3) is 0.154. The first-order chi connectivity index (χ1) is 9.28. The molecule has 0 radical (unpaired) electrons. The molecule has 3 aromatic heterocycles. The number of rotatable bonds is 3. The molecular weight excluding hydrogens is 262 g/mol. The summed E-state index contributed by atoms with van der Waals surface area (Å²) in [6.07, 6.45) is 2.40. The molecule has 0 amide bonds. The van der Waals surface area contributed by atoms with Crippen LogP contribution < -0.4 is 0 Å². The Hall–Kier alpha value is -2.21. The number of thiophene rings is 1. The van der Waals surface area contributed by atoms with E-state index >= 15 is 0 Å². The zero-order chi connectivity index (χ0) is 13.2. The zero-order valence-electron chi connectivity index (χ0n) is 10.2. The number of pyridine rings is 1. The van der Waals surface area contributed by atoms with Crippen molar-refractivity contribution in [1.82, 2.24) is 14.6 Å². The van der Waals surface area contributed by atoms with E-state index in [2.05, 4.69) is 21.6 Å². The Kier molecular flexibility index (Phi) is 3.00. The van der Waals surface area contributed by atoms with Gasteiger partial charge in [-0.2, -0.15) is 11.3 Å². The normalized spacial score (nSPS) is 10.8. The maximum Gasteiger partial charge on any atom is 0.339 e. The summed E-state index contributed by atoms with van der Waals surface area (Å²) in [7, 11) is 1.37. The van der Waals surface area contributed by atoms with E-state index in [1.54, 1.807) is 29.7 Å². The number of methoxy groups -OCH3 is 1. The highest BCUT2D eigenvalue weighted by Gasteiger charge is 2.11. The lowest BCUT2D eigenvalue weighted by Crippen LogP contribution is -2.04. The summed E-state index contributed by atoms with van der Waals surface area (Å²) in [6.45, 7) is 0. The van der Waals surface area contributed by atoms with Crippen molar-refractivity contribution < 1.29 is 9.53 Å². The van der Waals surface area contributed by atoms with Crippen molar-refractivity contribution in [1.29, 1.82) is 0 Å². The number of aromatic nitrogens is 3. The molecule has 0 aliphatic carbocycles. The van der Waals surface area contributed by atoms with Crippen LogP contribution in [0.2, 0.25) is 0 Å². The van der Waals surface area contributed by atoms with Crippen molar-refractivity contribution in [3.8, 4) is 0 Å². The lowest BCUT2D eigenvalue weighted by Gasteiger charge is -2.02. The minimum Gasteiger partial charge on any atom is -0.465 e. The molecule has 0 bridgehead atoms. The van der Waals surface area contributed by atoms with Crippen LogP contribution in [0.15, 0.2) is 35.2 Å². The fourth-order valence-electron chi connectivity index (χ4n) is 1.87. The maximum atomic E-state index is 11.5. The Morgan fingerprint density at radius 1 is 1.37 bits per heavy atom. The van der Waals surface area contributed by atoms with E-state index in [-0.39, 0.29) is 5.97 Å². The van der Waals surface area contributed by atoms with Gasteiger partial charge in [0.2, 0.25) is 0 Å². The molecule has 0 atom stereocenters. The Morgan fingerprint density at radius 3 is 3.00 bits per heavy atom. The van der Waals surface area contributed by atoms with Crippen LogP contribution in [-0.2, 0) is 11.2 Å². The zero-order valence-corrected chi connectivity index (χ0v) is 11.1. The van der Waals surface area contributed by atoms with E-state index in [0.29, 0.717) is 12.0 Å². The van der Waals surface area contributed by atoms with Crippen molar-refractivity contribution in [3.05, 3.63) is 52.1 Å². The van der Waals surface area contributed by atoms with Gasteiger partial charge in [-0.1, -0.05) is 0 Å². The summed E-state index contributed by atoms with van der Waals surface area (Å²) in [5, 5.41) is 12.4. The molecule has 0 unspecified atom stereocenters. The van der Waals surface area contributed by atoms with Gasteiger partial charge in [0.15, 0.2) is 5.65 Å². The van der Waals surface area contributed by atoms with Gasteiger partial charge in [0.1, 0.15) is 5.82 Å². The van der Waals surface area contributed by atoms with Gasteiger partial charge < -0.3 is 4.74 Å². The molecule has 19 heavy (non-hydrogen) atoms. The molecule has 0 saturated carbocycles. The molecule has 0 N–H and O–H groups in total. The molecule has 3 aromatic rings. The first-order valence-corrected chi connectivity index (χ1v) is 6.65. The second-order valence-electron chi connectivity index (χ2n) is 4.06. The second kappa shape index (κ2) is 4.81. The predicted molar refractivity (Wildman–Crippen MR) is 71.5 cm³/mol. The largest absolute Gasteiger partial charge is 0.465 e. The van der Waals surface area contributed by atoms with Gasteiger partial charge in [0, 0.05) is 12.6 Å². The summed E-state index contributed by atoms with van der Waals surface area (Å²) < 4.78 is 6.54. The first-order valence-electron chi connectivity index (χ1n) is 5.71. The summed E-state index contributed by atoms with van der Waals surface area (Å²) in [6, 6.07) is 5.50. The number of hydrogen-bond acceptors (Lipinski definition) is 5. The number of fused-ring (bicyclic) bond motifs is 1. The number of carbonyl (C=O) groups excluding carboxylic acids is 1. The number of carbonyl (C=O) groups is 1. The summed E-state index contributed by atoms with van der Waals surface area (Å²) in [4.78, 5) is 11.5. The predicted octanol–water partition coefficient (Wildman–Crippen LogP) is 2.17. The number of esters is 1. The minimum absolute atomic E-state index is 0.364. The highest BCUT2D eigenvalue weighted by molar-refractivity contribution is 7.07. The summed E-state index contributed by atoms with van der Waals surface area (Å²) >= 11 is 1.65. The molecule has 3 rings (SSSR count). The van der Waals surface area contributed by atoms with Crippen LogP contribution >= 0.6 is 11.3 Å². The molecule has 0 aliphatic heterocycles. The quantitative estimate of drug-likeness (QED) is 0.686. The number of hydrogen-bond donors (Lipinski definition) is 0. The number of nitrogens with zero attached hydrogens (tertiary/aromatic N) is 3. The van der Waals surface area contributed by atoms with Gasteiger partial charge in [0.25, 0.3) is 0 Å². The van der Waals surface area contributed by atoms with Crippen LogP contribution in [0.3, 0.4) is 0 Å². The van der Waals surface area contributed by atoms with Gasteiger partial charge in [-0.25, -0.2) is 4.79 Å². The Morgan fingerprint density at radius 2 is 2.26 bits per heavy atom. The monoisotopic (exact) mass is 273 g/mol. The fourth-order valence-corrected chi connectivity index (χ4v) is 2.54. The third-order valence-electron chi connectivity index (χ3n) is 2.84. The smallest absolute Gasteiger partial charge is 0.339 e. The van der Waals surface area contributed by atoms with Crippen LogP contribution in [0.4, 0.5) is 0 Å². The molecule has 96 valence electrons. The molecule has 0 fully saturated rings. The second-order valence-corrected chi connectivity index (χ2v) is 4.84. The third kappa shape index (κ3) is 2.22. The molecule has 3 heterocycles. The highest BCUT2D eigenvalue weighted by atomic mass is 32.1. The third-order valence-corrected chi connectivity index (χ3v) is 3.57. The molecule has 0 aliphatic rings. The summed E-state index contributed by atoms with van der Waals surface area (Å²) in [5.74, 6) is 0.441. The van der Waals surface area contributed by atoms with Gasteiger partial charge >= 0.3 is 5.97 Å². The Bertz CT molecular complexity index is 719. The van der Waals surface area contributed by atoms with E-state index in [1.165, 1.54) is 12.7 Å². The van der Waals surface area contributed by atoms with Crippen molar-refractivity contribution in [3.63, 3.8) is 0 Å². The highest BCUT2D eigenvalue weighted by Crippen LogP contribution is 2.14. The van der Waals surface area contributed by atoms with Crippen LogP contribution in [0, 0.1) is 0 Å². The average molecular weight is 273 g/mol. The first kappa shape index (κ1) is 11.9. The lowest BCUT2D eigenvalue weighted by molar-refractivity contribution is 0.0600. The molecular formula is C13H11N3O2S. The van der Waals surface area contributed by atoms with Crippen LogP contribution in [0.25, 0.3) is 5.65 Å². The van der Waals surface area contributed by atoms with E-state index in [9.17, 15) is 4.79 Å². The standard InChI is InChI=1S/C13H11N3O2S/c1-18-13(17)10-2-3-11-14-15-12(16(11)7-10)6-9-4-5-19-8-9/h2-5,7-8H,6H2,1H3. The van der Waals surface area contributed by atoms with Crippen LogP contribution in [-0.4, -0.2) is 27.7 Å². The van der Waals surface area contributed by atoms with Crippen molar-refractivity contribution in [2.75, 3.05) is 7.11 Å². The average Bonchev–Trinajstić information content (AvgIpc) is 3.08. The molecule has 0 aromatic carbocycles. The van der Waals surface area contributed by atoms with Crippen LogP contribution in [0.5, 0.6) is 0 Å². The maximum absolute atomic E-state index is 11.5. The lowest BCUT2D eigenvalue weighted by atomic mass is 10.2. The van der Waals surface area contributed by atoms with Crippen molar-refractivity contribution >= 4 is 23.0 Å². The van der Waals surface area contributed by atoms with Gasteiger partial charge in [-0.3, -0.25) is 4.40 Å². The molecule has 5 nitrogen and oxygen atoms in total. The van der Waals surface area contributed by atoms with E-state index < -0.39 is 0 Å². The van der Waals surface area contributed by atoms with Gasteiger partial charge in [0.05, 0.1) is 12.7 Å². The summed E-state index contributed by atoms with van der Waals surface area (Å²) in [5.41, 5.74) is 2.39. The van der Waals surface area contributed by atoms with E-state index in [0.717, 1.165) is 11.5 Å².